The van der Waals surface area contributed by atoms with Crippen LogP contribution in [0.5, 0.6) is 17.2 Å². The summed E-state index contributed by atoms with van der Waals surface area (Å²) in [4.78, 5) is 17.4. The molecule has 0 spiro atoms. The van der Waals surface area contributed by atoms with Crippen molar-refractivity contribution in [2.45, 2.75) is 0 Å². The van der Waals surface area contributed by atoms with Crippen molar-refractivity contribution in [3.8, 4) is 17.2 Å². The standard InChI is InChI=1S/C26H19NO5/c1-29-18-10-8-16(9-11-18)23-15-21(20-14-19(30-2)12-13-22(20)31-23)24-26(28)32-25(27-24)17-6-4-3-5-7-17/h3-15H,1-2H3/b24-21-. The third-order valence-electron chi connectivity index (χ3n) is 5.22. The smallest absolute Gasteiger partial charge is 0.364 e. The van der Waals surface area contributed by atoms with Gasteiger partial charge in [0.15, 0.2) is 5.70 Å². The van der Waals surface area contributed by atoms with E-state index in [0.717, 1.165) is 16.9 Å². The summed E-state index contributed by atoms with van der Waals surface area (Å²) in [5.74, 6) is 2.32. The maximum absolute atomic E-state index is 12.8. The molecule has 0 bridgehead atoms. The van der Waals surface area contributed by atoms with Gasteiger partial charge in [-0.1, -0.05) is 18.2 Å². The molecular formula is C26H19NO5. The van der Waals surface area contributed by atoms with Crippen LogP contribution in [0.4, 0.5) is 0 Å². The average molecular weight is 425 g/mol. The van der Waals surface area contributed by atoms with E-state index in [2.05, 4.69) is 4.99 Å². The summed E-state index contributed by atoms with van der Waals surface area (Å²) >= 11 is 0. The first-order chi connectivity index (χ1) is 15.7. The van der Waals surface area contributed by atoms with Gasteiger partial charge in [0.1, 0.15) is 23.0 Å². The molecule has 5 rings (SSSR count). The number of carbonyl (C=O) groups excluding carboxylic acids is 1. The molecule has 0 unspecified atom stereocenters. The largest absolute Gasteiger partial charge is 0.497 e. The number of methoxy groups -OCH3 is 2. The van der Waals surface area contributed by atoms with Gasteiger partial charge in [0.25, 0.3) is 0 Å². The summed E-state index contributed by atoms with van der Waals surface area (Å²) in [5.41, 5.74) is 3.09. The maximum Gasteiger partial charge on any atom is 0.364 e. The van der Waals surface area contributed by atoms with E-state index < -0.39 is 5.97 Å². The fourth-order valence-corrected chi connectivity index (χ4v) is 3.57. The van der Waals surface area contributed by atoms with E-state index >= 15 is 0 Å². The predicted octanol–water partition coefficient (Wildman–Crippen LogP) is 4.85. The van der Waals surface area contributed by atoms with E-state index in [0.29, 0.717) is 28.4 Å². The van der Waals surface area contributed by atoms with Gasteiger partial charge in [0.2, 0.25) is 5.90 Å². The number of cyclic esters (lactones) is 1. The highest BCUT2D eigenvalue weighted by Gasteiger charge is 2.31. The number of rotatable bonds is 4. The van der Waals surface area contributed by atoms with Crippen LogP contribution in [0.25, 0.3) is 11.3 Å². The normalized spacial score (nSPS) is 17.0. The fourth-order valence-electron chi connectivity index (χ4n) is 3.57. The lowest BCUT2D eigenvalue weighted by Crippen LogP contribution is -2.08. The number of aliphatic imine (C=N–C) groups is 1. The van der Waals surface area contributed by atoms with E-state index in [1.807, 2.05) is 72.8 Å². The van der Waals surface area contributed by atoms with Gasteiger partial charge in [-0.2, -0.15) is 0 Å². The Morgan fingerprint density at radius 2 is 1.50 bits per heavy atom. The molecule has 3 aromatic carbocycles. The average Bonchev–Trinajstić information content (AvgIpc) is 3.25. The quantitative estimate of drug-likeness (QED) is 0.442. The molecule has 0 saturated carbocycles. The first-order valence-electron chi connectivity index (χ1n) is 9.99. The lowest BCUT2D eigenvalue weighted by Gasteiger charge is -2.21. The fraction of sp³-hybridized carbons (Fsp3) is 0.0769. The molecule has 0 saturated heterocycles. The van der Waals surface area contributed by atoms with Crippen LogP contribution in [0, 0.1) is 0 Å². The minimum atomic E-state index is -0.514. The molecule has 0 radical (unpaired) electrons. The Labute approximate surface area is 185 Å². The van der Waals surface area contributed by atoms with Crippen LogP contribution in [0.15, 0.2) is 89.6 Å². The maximum atomic E-state index is 12.8. The van der Waals surface area contributed by atoms with Crippen LogP contribution in [0.2, 0.25) is 0 Å². The number of fused-ring (bicyclic) bond motifs is 1. The van der Waals surface area contributed by atoms with Crippen LogP contribution < -0.4 is 14.2 Å². The van der Waals surface area contributed by atoms with Gasteiger partial charge < -0.3 is 18.9 Å². The summed E-state index contributed by atoms with van der Waals surface area (Å²) in [6.45, 7) is 0. The predicted molar refractivity (Wildman–Crippen MR) is 121 cm³/mol. The summed E-state index contributed by atoms with van der Waals surface area (Å²) in [7, 11) is 3.21. The van der Waals surface area contributed by atoms with E-state index in [9.17, 15) is 4.79 Å². The number of ether oxygens (including phenoxy) is 4. The van der Waals surface area contributed by atoms with Gasteiger partial charge in [0.05, 0.1) is 14.2 Å². The van der Waals surface area contributed by atoms with Gasteiger partial charge in [-0.15, -0.1) is 0 Å². The molecule has 3 aromatic rings. The number of nitrogens with zero attached hydrogens (tertiary/aromatic N) is 1. The van der Waals surface area contributed by atoms with Gasteiger partial charge in [-0.25, -0.2) is 9.79 Å². The Bertz CT molecular complexity index is 1290. The molecule has 0 atom stereocenters. The number of hydrogen-bond acceptors (Lipinski definition) is 6. The van der Waals surface area contributed by atoms with E-state index in [1.165, 1.54) is 0 Å². The lowest BCUT2D eigenvalue weighted by molar-refractivity contribution is -0.129. The zero-order valence-electron chi connectivity index (χ0n) is 17.5. The molecule has 2 aliphatic heterocycles. The number of carbonyl (C=O) groups is 1. The molecule has 0 aliphatic carbocycles. The van der Waals surface area contributed by atoms with Crippen molar-refractivity contribution in [3.63, 3.8) is 0 Å². The minimum absolute atomic E-state index is 0.215. The van der Waals surface area contributed by atoms with Gasteiger partial charge in [-0.05, 0) is 60.7 Å². The van der Waals surface area contributed by atoms with Crippen molar-refractivity contribution < 1.29 is 23.7 Å². The number of hydrogen-bond donors (Lipinski definition) is 0. The zero-order chi connectivity index (χ0) is 22.1. The zero-order valence-corrected chi connectivity index (χ0v) is 17.5. The van der Waals surface area contributed by atoms with E-state index in [-0.39, 0.29) is 11.6 Å². The van der Waals surface area contributed by atoms with Crippen molar-refractivity contribution in [1.82, 2.24) is 0 Å². The third kappa shape index (κ3) is 3.52. The molecule has 6 nitrogen and oxygen atoms in total. The van der Waals surface area contributed by atoms with Crippen molar-refractivity contribution in [2.75, 3.05) is 14.2 Å². The second kappa shape index (κ2) is 8.07. The van der Waals surface area contributed by atoms with Crippen LogP contribution in [-0.2, 0) is 9.53 Å². The molecule has 32 heavy (non-hydrogen) atoms. The molecule has 0 fully saturated rings. The summed E-state index contributed by atoms with van der Waals surface area (Å²) in [5, 5.41) is 0. The number of benzene rings is 3. The highest BCUT2D eigenvalue weighted by molar-refractivity contribution is 6.15. The number of esters is 1. The first-order valence-corrected chi connectivity index (χ1v) is 9.99. The highest BCUT2D eigenvalue weighted by atomic mass is 16.6. The molecule has 2 heterocycles. The monoisotopic (exact) mass is 425 g/mol. The van der Waals surface area contributed by atoms with Crippen molar-refractivity contribution >= 4 is 23.2 Å². The Kier molecular flexibility index (Phi) is 4.95. The summed E-state index contributed by atoms with van der Waals surface area (Å²) in [6, 6.07) is 22.3. The SMILES string of the molecule is COc1ccc(C2=C/C(=C3/N=C(c4ccccc4)OC3=O)c3cc(OC)ccc3O2)cc1. The van der Waals surface area contributed by atoms with Crippen LogP contribution >= 0.6 is 0 Å². The summed E-state index contributed by atoms with van der Waals surface area (Å²) in [6.07, 6.45) is 1.80. The first kappa shape index (κ1) is 19.6. The minimum Gasteiger partial charge on any atom is -0.497 e. The van der Waals surface area contributed by atoms with Gasteiger partial charge in [-0.3, -0.25) is 0 Å². The summed E-state index contributed by atoms with van der Waals surface area (Å²) < 4.78 is 22.3. The third-order valence-corrected chi connectivity index (χ3v) is 5.22. The van der Waals surface area contributed by atoms with E-state index in [1.54, 1.807) is 20.3 Å². The highest BCUT2D eigenvalue weighted by Crippen LogP contribution is 2.41. The van der Waals surface area contributed by atoms with Crippen LogP contribution in [-0.4, -0.2) is 26.1 Å². The second-order valence-corrected chi connectivity index (χ2v) is 7.14. The molecule has 6 heteroatoms. The molecule has 158 valence electrons. The number of allylic oxidation sites excluding steroid dienone is 2. The Morgan fingerprint density at radius 1 is 0.781 bits per heavy atom. The molecular weight excluding hydrogens is 406 g/mol. The second-order valence-electron chi connectivity index (χ2n) is 7.14. The Hall–Kier alpha value is -4.32. The van der Waals surface area contributed by atoms with Gasteiger partial charge >= 0.3 is 5.97 Å². The molecule has 0 N–H and O–H groups in total. The molecule has 2 aliphatic rings. The molecule has 0 amide bonds. The van der Waals surface area contributed by atoms with Crippen LogP contribution in [0.3, 0.4) is 0 Å². The van der Waals surface area contributed by atoms with Crippen LogP contribution in [0.1, 0.15) is 16.7 Å². The van der Waals surface area contributed by atoms with Crippen molar-refractivity contribution in [2.24, 2.45) is 4.99 Å². The van der Waals surface area contributed by atoms with Gasteiger partial charge in [0, 0.05) is 22.3 Å². The Morgan fingerprint density at radius 3 is 2.22 bits per heavy atom. The Balaban J connectivity index is 1.67. The molecule has 0 aromatic heterocycles. The van der Waals surface area contributed by atoms with E-state index in [4.69, 9.17) is 18.9 Å². The van der Waals surface area contributed by atoms with Crippen molar-refractivity contribution in [3.05, 3.63) is 101 Å². The topological polar surface area (TPSA) is 66.4 Å². The van der Waals surface area contributed by atoms with Crippen molar-refractivity contribution in [1.29, 1.82) is 0 Å². The lowest BCUT2D eigenvalue weighted by atomic mass is 9.97.